The summed E-state index contributed by atoms with van der Waals surface area (Å²) in [5.41, 5.74) is 0.862. The second-order valence-corrected chi connectivity index (χ2v) is 6.44. The molecule has 1 saturated heterocycles. The quantitative estimate of drug-likeness (QED) is 0.814. The molecule has 112 valence electrons. The molecule has 0 atom stereocenters. The lowest BCUT2D eigenvalue weighted by Crippen LogP contribution is -2.51. The molecule has 21 heavy (non-hydrogen) atoms. The van der Waals surface area contributed by atoms with Crippen molar-refractivity contribution in [1.82, 2.24) is 9.80 Å². The van der Waals surface area contributed by atoms with Crippen molar-refractivity contribution in [3.8, 4) is 0 Å². The smallest absolute Gasteiger partial charge is 0.242 e. The van der Waals surface area contributed by atoms with E-state index < -0.39 is 0 Å². The van der Waals surface area contributed by atoms with E-state index in [-0.39, 0.29) is 18.4 Å². The van der Waals surface area contributed by atoms with Gasteiger partial charge in [-0.15, -0.1) is 11.8 Å². The Morgan fingerprint density at radius 2 is 1.90 bits per heavy atom. The van der Waals surface area contributed by atoms with Crippen LogP contribution in [0.15, 0.2) is 29.2 Å². The molecule has 1 aromatic carbocycles. The van der Waals surface area contributed by atoms with Crippen molar-refractivity contribution in [2.75, 3.05) is 50.4 Å². The van der Waals surface area contributed by atoms with Gasteiger partial charge < -0.3 is 14.7 Å². The topological polar surface area (TPSA) is 43.9 Å². The van der Waals surface area contributed by atoms with Crippen LogP contribution in [0.2, 0.25) is 0 Å². The lowest BCUT2D eigenvalue weighted by atomic mass is 10.2. The van der Waals surface area contributed by atoms with E-state index in [9.17, 15) is 9.59 Å². The number of likely N-dealkylation sites (N-methyl/N-ethyl adjacent to an activating group) is 1. The molecule has 0 unspecified atom stereocenters. The van der Waals surface area contributed by atoms with E-state index in [2.05, 4.69) is 11.9 Å². The number of piperazine rings is 1. The monoisotopic (exact) mass is 305 g/mol. The lowest BCUT2D eigenvalue weighted by Gasteiger charge is -2.35. The molecule has 0 N–H and O–H groups in total. The third-order valence-electron chi connectivity index (χ3n) is 3.96. The Morgan fingerprint density at radius 1 is 1.19 bits per heavy atom. The number of rotatable bonds is 2. The number of carbonyl (C=O) groups is 2. The molecule has 0 bridgehead atoms. The summed E-state index contributed by atoms with van der Waals surface area (Å²) in [5, 5.41) is 0. The molecule has 2 heterocycles. The van der Waals surface area contributed by atoms with Crippen LogP contribution in [-0.2, 0) is 9.59 Å². The summed E-state index contributed by atoms with van der Waals surface area (Å²) >= 11 is 1.54. The SMILES string of the molecule is CN1CCN(C(=O)CN2C(=O)CSc3ccccc32)CC1. The maximum atomic E-state index is 12.4. The Balaban J connectivity index is 1.72. The van der Waals surface area contributed by atoms with Gasteiger partial charge in [-0.25, -0.2) is 0 Å². The third-order valence-corrected chi connectivity index (χ3v) is 5.01. The van der Waals surface area contributed by atoms with E-state index in [1.54, 1.807) is 16.7 Å². The highest BCUT2D eigenvalue weighted by Gasteiger charge is 2.28. The van der Waals surface area contributed by atoms with Crippen molar-refractivity contribution in [3.05, 3.63) is 24.3 Å². The number of carbonyl (C=O) groups excluding carboxylic acids is 2. The van der Waals surface area contributed by atoms with Gasteiger partial charge in [0.05, 0.1) is 11.4 Å². The first-order valence-electron chi connectivity index (χ1n) is 7.13. The van der Waals surface area contributed by atoms with Gasteiger partial charge in [-0.05, 0) is 19.2 Å². The van der Waals surface area contributed by atoms with Gasteiger partial charge in [0, 0.05) is 31.1 Å². The Hall–Kier alpha value is -1.53. The summed E-state index contributed by atoms with van der Waals surface area (Å²) in [5.74, 6) is 0.465. The molecule has 2 aliphatic rings. The number of benzene rings is 1. The first-order valence-corrected chi connectivity index (χ1v) is 8.12. The zero-order valence-corrected chi connectivity index (χ0v) is 12.9. The van der Waals surface area contributed by atoms with Crippen LogP contribution in [0, 0.1) is 0 Å². The molecule has 1 fully saturated rings. The average Bonchev–Trinajstić information content (AvgIpc) is 2.51. The molecule has 2 aliphatic heterocycles. The Bertz CT molecular complexity index is 556. The molecular weight excluding hydrogens is 286 g/mol. The maximum absolute atomic E-state index is 12.4. The fraction of sp³-hybridized carbons (Fsp3) is 0.467. The van der Waals surface area contributed by atoms with Crippen molar-refractivity contribution in [2.24, 2.45) is 0 Å². The summed E-state index contributed by atoms with van der Waals surface area (Å²) in [7, 11) is 2.06. The molecule has 6 heteroatoms. The van der Waals surface area contributed by atoms with Gasteiger partial charge in [-0.3, -0.25) is 9.59 Å². The standard InChI is InChI=1S/C15H19N3O2S/c1-16-6-8-17(9-7-16)14(19)10-18-12-4-2-3-5-13(12)21-11-15(18)20/h2-5H,6-11H2,1H3. The minimum atomic E-state index is 0.0150. The van der Waals surface area contributed by atoms with Crippen molar-refractivity contribution in [3.63, 3.8) is 0 Å². The maximum Gasteiger partial charge on any atom is 0.242 e. The summed E-state index contributed by atoms with van der Waals surface area (Å²) in [6.45, 7) is 3.43. The zero-order valence-electron chi connectivity index (χ0n) is 12.1. The number of thioether (sulfide) groups is 1. The molecule has 1 aromatic rings. The number of fused-ring (bicyclic) bond motifs is 1. The first-order chi connectivity index (χ1) is 10.1. The molecule has 0 saturated carbocycles. The summed E-state index contributed by atoms with van der Waals surface area (Å²) < 4.78 is 0. The van der Waals surface area contributed by atoms with E-state index in [0.29, 0.717) is 5.75 Å². The van der Waals surface area contributed by atoms with Crippen molar-refractivity contribution < 1.29 is 9.59 Å². The Morgan fingerprint density at radius 3 is 2.67 bits per heavy atom. The number of hydrogen-bond acceptors (Lipinski definition) is 4. The van der Waals surface area contributed by atoms with Crippen LogP contribution in [0.1, 0.15) is 0 Å². The average molecular weight is 305 g/mol. The van der Waals surface area contributed by atoms with E-state index in [4.69, 9.17) is 0 Å². The van der Waals surface area contributed by atoms with Gasteiger partial charge in [-0.2, -0.15) is 0 Å². The Kier molecular flexibility index (Phi) is 4.17. The molecule has 0 aromatic heterocycles. The van der Waals surface area contributed by atoms with Gasteiger partial charge >= 0.3 is 0 Å². The van der Waals surface area contributed by atoms with Crippen LogP contribution in [0.5, 0.6) is 0 Å². The minimum absolute atomic E-state index is 0.0150. The highest BCUT2D eigenvalue weighted by molar-refractivity contribution is 8.00. The van der Waals surface area contributed by atoms with Crippen molar-refractivity contribution in [2.45, 2.75) is 4.90 Å². The molecule has 2 amide bonds. The van der Waals surface area contributed by atoms with E-state index in [1.165, 1.54) is 0 Å². The molecule has 0 aliphatic carbocycles. The Labute approximate surface area is 128 Å². The normalized spacial score (nSPS) is 19.6. The van der Waals surface area contributed by atoms with Crippen LogP contribution in [0.4, 0.5) is 5.69 Å². The fourth-order valence-corrected chi connectivity index (χ4v) is 3.55. The summed E-state index contributed by atoms with van der Waals surface area (Å²) in [4.78, 5) is 31.4. The van der Waals surface area contributed by atoms with Crippen molar-refractivity contribution >= 4 is 29.3 Å². The van der Waals surface area contributed by atoms with Crippen LogP contribution in [0.25, 0.3) is 0 Å². The number of anilines is 1. The van der Waals surface area contributed by atoms with Crippen LogP contribution < -0.4 is 4.90 Å². The second-order valence-electron chi connectivity index (χ2n) is 5.42. The largest absolute Gasteiger partial charge is 0.339 e. The number of nitrogens with zero attached hydrogens (tertiary/aromatic N) is 3. The van der Waals surface area contributed by atoms with Gasteiger partial charge in [0.25, 0.3) is 0 Å². The predicted molar refractivity (Wildman–Crippen MR) is 83.6 cm³/mol. The van der Waals surface area contributed by atoms with Crippen LogP contribution in [0.3, 0.4) is 0 Å². The van der Waals surface area contributed by atoms with E-state index in [0.717, 1.165) is 36.8 Å². The molecule has 3 rings (SSSR count). The lowest BCUT2D eigenvalue weighted by molar-refractivity contribution is -0.132. The molecule has 0 spiro atoms. The van der Waals surface area contributed by atoms with Gasteiger partial charge in [0.15, 0.2) is 0 Å². The van der Waals surface area contributed by atoms with Crippen LogP contribution in [-0.4, -0.2) is 67.1 Å². The predicted octanol–water partition coefficient (Wildman–Crippen LogP) is 0.899. The number of para-hydroxylation sites is 1. The third kappa shape index (κ3) is 3.06. The molecular formula is C15H19N3O2S. The summed E-state index contributed by atoms with van der Waals surface area (Å²) in [6, 6.07) is 7.78. The van der Waals surface area contributed by atoms with Crippen LogP contribution >= 0.6 is 11.8 Å². The van der Waals surface area contributed by atoms with E-state index in [1.807, 2.05) is 29.2 Å². The first kappa shape index (κ1) is 14.4. The summed E-state index contributed by atoms with van der Waals surface area (Å²) in [6.07, 6.45) is 0. The number of amides is 2. The van der Waals surface area contributed by atoms with Gasteiger partial charge in [0.1, 0.15) is 6.54 Å². The molecule has 0 radical (unpaired) electrons. The van der Waals surface area contributed by atoms with Gasteiger partial charge in [0.2, 0.25) is 11.8 Å². The fourth-order valence-electron chi connectivity index (χ4n) is 2.62. The number of hydrogen-bond donors (Lipinski definition) is 0. The van der Waals surface area contributed by atoms with Gasteiger partial charge in [-0.1, -0.05) is 12.1 Å². The second kappa shape index (κ2) is 6.07. The minimum Gasteiger partial charge on any atom is -0.339 e. The zero-order chi connectivity index (χ0) is 14.8. The van der Waals surface area contributed by atoms with E-state index >= 15 is 0 Å². The molecule has 5 nitrogen and oxygen atoms in total. The van der Waals surface area contributed by atoms with Crippen molar-refractivity contribution in [1.29, 1.82) is 0 Å². The highest BCUT2D eigenvalue weighted by Crippen LogP contribution is 2.34. The highest BCUT2D eigenvalue weighted by atomic mass is 32.2.